The lowest BCUT2D eigenvalue weighted by Gasteiger charge is -2.09. The first-order valence-electron chi connectivity index (χ1n) is 5.12. The normalized spacial score (nSPS) is 10.5. The van der Waals surface area contributed by atoms with Crippen molar-refractivity contribution in [3.8, 4) is 5.75 Å². The van der Waals surface area contributed by atoms with Gasteiger partial charge in [-0.25, -0.2) is 4.39 Å². The number of hydrogen-bond acceptors (Lipinski definition) is 3. The Bertz CT molecular complexity index is 350. The maximum Gasteiger partial charge on any atom is 0.150 e. The van der Waals surface area contributed by atoms with Crippen molar-refractivity contribution in [3.05, 3.63) is 29.6 Å². The predicted molar refractivity (Wildman–Crippen MR) is 58.4 cm³/mol. The van der Waals surface area contributed by atoms with Gasteiger partial charge >= 0.3 is 0 Å². The lowest BCUT2D eigenvalue weighted by atomic mass is 10.2. The summed E-state index contributed by atoms with van der Waals surface area (Å²) in [7, 11) is 0. The molecule has 1 aromatic rings. The average Bonchev–Trinajstić information content (AvgIpc) is 2.23. The van der Waals surface area contributed by atoms with Gasteiger partial charge in [-0.05, 0) is 26.0 Å². The first-order chi connectivity index (χ1) is 7.61. The van der Waals surface area contributed by atoms with Gasteiger partial charge in [-0.2, -0.15) is 0 Å². The van der Waals surface area contributed by atoms with Gasteiger partial charge < -0.3 is 9.47 Å². The number of hydrogen-bond donors (Lipinski definition) is 0. The molecule has 4 heteroatoms. The number of ether oxygens (including phenoxy) is 2. The van der Waals surface area contributed by atoms with E-state index in [0.29, 0.717) is 25.2 Å². The molecule has 0 amide bonds. The van der Waals surface area contributed by atoms with Gasteiger partial charge in [0.1, 0.15) is 24.5 Å². The zero-order valence-electron chi connectivity index (χ0n) is 9.40. The zero-order valence-corrected chi connectivity index (χ0v) is 9.40. The molecule has 0 atom stereocenters. The van der Waals surface area contributed by atoms with E-state index in [1.165, 1.54) is 12.1 Å². The Morgan fingerprint density at radius 1 is 1.31 bits per heavy atom. The summed E-state index contributed by atoms with van der Waals surface area (Å²) in [6.45, 7) is 4.61. The van der Waals surface area contributed by atoms with Crippen LogP contribution in [0.3, 0.4) is 0 Å². The summed E-state index contributed by atoms with van der Waals surface area (Å²) >= 11 is 0. The maximum atomic E-state index is 13.0. The summed E-state index contributed by atoms with van der Waals surface area (Å²) in [5.74, 6) is -0.140. The Hall–Kier alpha value is -1.42. The minimum Gasteiger partial charge on any atom is -0.491 e. The van der Waals surface area contributed by atoms with Gasteiger partial charge in [0.2, 0.25) is 0 Å². The highest BCUT2D eigenvalue weighted by atomic mass is 19.1. The van der Waals surface area contributed by atoms with Crippen molar-refractivity contribution in [2.75, 3.05) is 13.2 Å². The molecule has 0 fully saturated rings. The number of aldehydes is 1. The number of carbonyl (C=O) groups excluding carboxylic acids is 1. The molecule has 1 rings (SSSR count). The Kier molecular flexibility index (Phi) is 4.92. The Morgan fingerprint density at radius 2 is 2.06 bits per heavy atom. The van der Waals surface area contributed by atoms with Gasteiger partial charge in [0, 0.05) is 11.6 Å². The number of rotatable bonds is 6. The number of benzene rings is 1. The molecular weight excluding hydrogens is 211 g/mol. The van der Waals surface area contributed by atoms with E-state index in [9.17, 15) is 9.18 Å². The van der Waals surface area contributed by atoms with Crippen LogP contribution >= 0.6 is 0 Å². The van der Waals surface area contributed by atoms with E-state index in [1.807, 2.05) is 13.8 Å². The van der Waals surface area contributed by atoms with Crippen LogP contribution in [0.15, 0.2) is 18.2 Å². The van der Waals surface area contributed by atoms with Crippen LogP contribution in [0, 0.1) is 5.82 Å². The monoisotopic (exact) mass is 226 g/mol. The Morgan fingerprint density at radius 3 is 2.69 bits per heavy atom. The fourth-order valence-electron chi connectivity index (χ4n) is 1.18. The first-order valence-corrected chi connectivity index (χ1v) is 5.12. The van der Waals surface area contributed by atoms with Crippen LogP contribution in [0.5, 0.6) is 5.75 Å². The van der Waals surface area contributed by atoms with Gasteiger partial charge in [-0.1, -0.05) is 0 Å². The van der Waals surface area contributed by atoms with Gasteiger partial charge in [0.15, 0.2) is 0 Å². The molecule has 0 aliphatic rings. The van der Waals surface area contributed by atoms with Crippen LogP contribution < -0.4 is 4.74 Å². The van der Waals surface area contributed by atoms with E-state index >= 15 is 0 Å². The van der Waals surface area contributed by atoms with Gasteiger partial charge in [0.25, 0.3) is 0 Å². The maximum absolute atomic E-state index is 13.0. The lowest BCUT2D eigenvalue weighted by Crippen LogP contribution is -2.11. The molecule has 0 bridgehead atoms. The minimum absolute atomic E-state index is 0.140. The largest absolute Gasteiger partial charge is 0.491 e. The van der Waals surface area contributed by atoms with Crippen molar-refractivity contribution in [2.45, 2.75) is 20.0 Å². The molecule has 0 N–H and O–H groups in total. The Balaban J connectivity index is 2.47. The second kappa shape index (κ2) is 6.23. The molecule has 0 spiro atoms. The summed E-state index contributed by atoms with van der Waals surface area (Å²) in [6.07, 6.45) is 0.724. The van der Waals surface area contributed by atoms with E-state index in [-0.39, 0.29) is 11.7 Å². The highest BCUT2D eigenvalue weighted by Crippen LogP contribution is 2.15. The minimum atomic E-state index is -0.482. The van der Waals surface area contributed by atoms with E-state index in [2.05, 4.69) is 0 Å². The lowest BCUT2D eigenvalue weighted by molar-refractivity contribution is 0.0552. The van der Waals surface area contributed by atoms with Crippen LogP contribution in [0.1, 0.15) is 24.2 Å². The molecule has 0 aliphatic carbocycles. The fourth-order valence-corrected chi connectivity index (χ4v) is 1.18. The van der Waals surface area contributed by atoms with Crippen molar-refractivity contribution in [3.63, 3.8) is 0 Å². The van der Waals surface area contributed by atoms with E-state index < -0.39 is 5.82 Å². The van der Waals surface area contributed by atoms with Gasteiger partial charge in [-0.3, -0.25) is 4.79 Å². The van der Waals surface area contributed by atoms with E-state index in [4.69, 9.17) is 9.47 Å². The third-order valence-electron chi connectivity index (χ3n) is 1.83. The molecule has 16 heavy (non-hydrogen) atoms. The third-order valence-corrected chi connectivity index (χ3v) is 1.83. The fraction of sp³-hybridized carbons (Fsp3) is 0.417. The molecule has 0 unspecified atom stereocenters. The molecule has 0 aromatic heterocycles. The molecule has 0 saturated heterocycles. The van der Waals surface area contributed by atoms with Crippen LogP contribution in [0.2, 0.25) is 0 Å². The summed E-state index contributed by atoms with van der Waals surface area (Å²) in [5.41, 5.74) is 0.264. The molecular formula is C12H15FO3. The van der Waals surface area contributed by atoms with E-state index in [1.54, 1.807) is 0 Å². The second-order valence-electron chi connectivity index (χ2n) is 3.61. The number of carbonyl (C=O) groups is 1. The summed E-state index contributed by atoms with van der Waals surface area (Å²) in [4.78, 5) is 10.5. The SMILES string of the molecule is CC(C)OCCOc1cc(F)cc(C=O)c1. The molecule has 0 radical (unpaired) electrons. The number of halogens is 1. The van der Waals surface area contributed by atoms with Crippen LogP contribution in [-0.4, -0.2) is 25.6 Å². The zero-order chi connectivity index (χ0) is 12.0. The quantitative estimate of drug-likeness (QED) is 0.552. The van der Waals surface area contributed by atoms with Crippen LogP contribution in [0.25, 0.3) is 0 Å². The molecule has 0 aliphatic heterocycles. The highest BCUT2D eigenvalue weighted by Gasteiger charge is 2.01. The second-order valence-corrected chi connectivity index (χ2v) is 3.61. The predicted octanol–water partition coefficient (Wildman–Crippen LogP) is 2.44. The van der Waals surface area contributed by atoms with Crippen LogP contribution in [0.4, 0.5) is 4.39 Å². The van der Waals surface area contributed by atoms with E-state index in [0.717, 1.165) is 6.07 Å². The Labute approximate surface area is 94.2 Å². The summed E-state index contributed by atoms with van der Waals surface area (Å²) < 4.78 is 23.5. The first kappa shape index (κ1) is 12.6. The highest BCUT2D eigenvalue weighted by molar-refractivity contribution is 5.75. The third kappa shape index (κ3) is 4.40. The van der Waals surface area contributed by atoms with Crippen molar-refractivity contribution >= 4 is 6.29 Å². The van der Waals surface area contributed by atoms with Gasteiger partial charge in [-0.15, -0.1) is 0 Å². The molecule has 0 heterocycles. The van der Waals surface area contributed by atoms with Crippen LogP contribution in [-0.2, 0) is 4.74 Å². The smallest absolute Gasteiger partial charge is 0.150 e. The van der Waals surface area contributed by atoms with Crippen molar-refractivity contribution in [2.24, 2.45) is 0 Å². The topological polar surface area (TPSA) is 35.5 Å². The molecule has 1 aromatic carbocycles. The molecule has 3 nitrogen and oxygen atoms in total. The standard InChI is InChI=1S/C12H15FO3/c1-9(2)15-3-4-16-12-6-10(8-14)5-11(13)7-12/h5-9H,3-4H2,1-2H3. The van der Waals surface area contributed by atoms with Crippen molar-refractivity contribution in [1.29, 1.82) is 0 Å². The molecule has 0 saturated carbocycles. The average molecular weight is 226 g/mol. The van der Waals surface area contributed by atoms with Crippen molar-refractivity contribution in [1.82, 2.24) is 0 Å². The molecule has 88 valence electrons. The summed E-state index contributed by atoms with van der Waals surface area (Å²) in [6, 6.07) is 3.89. The summed E-state index contributed by atoms with van der Waals surface area (Å²) in [5, 5.41) is 0. The van der Waals surface area contributed by atoms with Gasteiger partial charge in [0.05, 0.1) is 12.7 Å². The van der Waals surface area contributed by atoms with Crippen molar-refractivity contribution < 1.29 is 18.7 Å².